The summed E-state index contributed by atoms with van der Waals surface area (Å²) in [6, 6.07) is 8.88. The number of carbonyl (C=O) groups excluding carboxylic acids is 1. The minimum Gasteiger partial charge on any atom is -0.351 e. The molecule has 1 fully saturated rings. The SMILES string of the molecule is CCN(c1ccc(C)cc1)c1ncc2c(n1)N(C1CCCC1)CC(C)(C)C(=O)N2C. The van der Waals surface area contributed by atoms with Gasteiger partial charge in [0.2, 0.25) is 11.9 Å². The third kappa shape index (κ3) is 3.64. The second kappa shape index (κ2) is 7.89. The molecule has 2 aromatic rings. The fourth-order valence-corrected chi connectivity index (χ4v) is 4.75. The van der Waals surface area contributed by atoms with Crippen molar-refractivity contribution in [2.45, 2.75) is 59.4 Å². The molecule has 0 N–H and O–H groups in total. The van der Waals surface area contributed by atoms with Gasteiger partial charge in [0.1, 0.15) is 5.69 Å². The Morgan fingerprint density at radius 2 is 1.83 bits per heavy atom. The van der Waals surface area contributed by atoms with Crippen LogP contribution in [0.4, 0.5) is 23.1 Å². The van der Waals surface area contributed by atoms with Crippen molar-refractivity contribution in [1.82, 2.24) is 9.97 Å². The Labute approximate surface area is 179 Å². The number of hydrogen-bond acceptors (Lipinski definition) is 5. The number of hydrogen-bond donors (Lipinski definition) is 0. The molecule has 4 rings (SSSR count). The van der Waals surface area contributed by atoms with Gasteiger partial charge >= 0.3 is 0 Å². The van der Waals surface area contributed by atoms with Crippen molar-refractivity contribution < 1.29 is 4.79 Å². The Balaban J connectivity index is 1.81. The van der Waals surface area contributed by atoms with Crippen LogP contribution in [0.5, 0.6) is 0 Å². The molecule has 0 radical (unpaired) electrons. The van der Waals surface area contributed by atoms with E-state index in [2.05, 4.69) is 47.9 Å². The number of rotatable bonds is 4. The van der Waals surface area contributed by atoms with Crippen LogP contribution in [-0.2, 0) is 4.79 Å². The smallest absolute Gasteiger partial charge is 0.234 e. The average molecular weight is 408 g/mol. The molecule has 30 heavy (non-hydrogen) atoms. The predicted octanol–water partition coefficient (Wildman–Crippen LogP) is 4.69. The first-order valence-corrected chi connectivity index (χ1v) is 11.1. The van der Waals surface area contributed by atoms with Crippen LogP contribution >= 0.6 is 0 Å². The molecule has 0 bridgehead atoms. The molecule has 1 aliphatic heterocycles. The van der Waals surface area contributed by atoms with E-state index in [-0.39, 0.29) is 5.91 Å². The number of fused-ring (bicyclic) bond motifs is 1. The van der Waals surface area contributed by atoms with Gasteiger partial charge in [0.05, 0.1) is 11.6 Å². The maximum Gasteiger partial charge on any atom is 0.234 e. The van der Waals surface area contributed by atoms with Gasteiger partial charge in [-0.2, -0.15) is 4.98 Å². The number of anilines is 4. The van der Waals surface area contributed by atoms with Crippen molar-refractivity contribution >= 4 is 29.0 Å². The van der Waals surface area contributed by atoms with Crippen LogP contribution < -0.4 is 14.7 Å². The van der Waals surface area contributed by atoms with Gasteiger partial charge in [-0.15, -0.1) is 0 Å². The molecule has 1 amide bonds. The van der Waals surface area contributed by atoms with Crippen molar-refractivity contribution in [3.63, 3.8) is 0 Å². The number of nitrogens with zero attached hydrogens (tertiary/aromatic N) is 5. The summed E-state index contributed by atoms with van der Waals surface area (Å²) in [5.74, 6) is 1.69. The van der Waals surface area contributed by atoms with Crippen molar-refractivity contribution in [2.24, 2.45) is 5.41 Å². The van der Waals surface area contributed by atoms with Crippen molar-refractivity contribution in [1.29, 1.82) is 0 Å². The Morgan fingerprint density at radius 1 is 1.17 bits per heavy atom. The summed E-state index contributed by atoms with van der Waals surface area (Å²) < 4.78 is 0. The first-order valence-electron chi connectivity index (χ1n) is 11.1. The summed E-state index contributed by atoms with van der Waals surface area (Å²) in [5.41, 5.74) is 2.64. The van der Waals surface area contributed by atoms with Crippen LogP contribution in [0.1, 0.15) is 52.0 Å². The van der Waals surface area contributed by atoms with Crippen LogP contribution in [0.15, 0.2) is 30.5 Å². The van der Waals surface area contributed by atoms with E-state index in [4.69, 9.17) is 9.97 Å². The number of amides is 1. The molecule has 2 aliphatic rings. The van der Waals surface area contributed by atoms with E-state index < -0.39 is 5.41 Å². The van der Waals surface area contributed by atoms with Gasteiger partial charge in [-0.05, 0) is 52.7 Å². The highest BCUT2D eigenvalue weighted by molar-refractivity contribution is 6.00. The topological polar surface area (TPSA) is 52.6 Å². The second-order valence-corrected chi connectivity index (χ2v) is 9.27. The van der Waals surface area contributed by atoms with Gasteiger partial charge in [0, 0.05) is 31.9 Å². The monoisotopic (exact) mass is 407 g/mol. The fraction of sp³-hybridized carbons (Fsp3) is 0.542. The van der Waals surface area contributed by atoms with E-state index in [1.165, 1.54) is 18.4 Å². The van der Waals surface area contributed by atoms with Crippen LogP contribution in [0.3, 0.4) is 0 Å². The zero-order valence-corrected chi connectivity index (χ0v) is 18.9. The molecule has 6 nitrogen and oxygen atoms in total. The summed E-state index contributed by atoms with van der Waals surface area (Å²) in [5, 5.41) is 0. The minimum absolute atomic E-state index is 0.117. The number of aryl methyl sites for hydroxylation is 1. The molecular formula is C24H33N5O. The van der Waals surface area contributed by atoms with E-state index in [9.17, 15) is 4.79 Å². The summed E-state index contributed by atoms with van der Waals surface area (Å²) in [4.78, 5) is 29.2. The minimum atomic E-state index is -0.473. The molecule has 1 aromatic carbocycles. The van der Waals surface area contributed by atoms with E-state index in [0.29, 0.717) is 18.5 Å². The third-order valence-electron chi connectivity index (χ3n) is 6.49. The highest BCUT2D eigenvalue weighted by Crippen LogP contribution is 2.40. The lowest BCUT2D eigenvalue weighted by Crippen LogP contribution is -2.45. The molecule has 2 heterocycles. The van der Waals surface area contributed by atoms with Crippen LogP contribution in [0, 0.1) is 12.3 Å². The first-order chi connectivity index (χ1) is 14.3. The predicted molar refractivity (Wildman–Crippen MR) is 123 cm³/mol. The number of carbonyl (C=O) groups is 1. The standard InChI is InChI=1S/C24H33N5O/c1-6-28(19-13-11-17(2)12-14-19)23-25-15-20-21(26-23)29(18-9-7-8-10-18)16-24(3,4)22(30)27(20)5/h11-15,18H,6-10,16H2,1-5H3. The lowest BCUT2D eigenvalue weighted by molar-refractivity contribution is -0.125. The zero-order chi connectivity index (χ0) is 21.5. The normalized spacial score (nSPS) is 19.0. The number of benzene rings is 1. The maximum atomic E-state index is 13.2. The van der Waals surface area contributed by atoms with Crippen LogP contribution in [0.2, 0.25) is 0 Å². The van der Waals surface area contributed by atoms with Crippen molar-refractivity contribution in [2.75, 3.05) is 34.8 Å². The highest BCUT2D eigenvalue weighted by atomic mass is 16.2. The summed E-state index contributed by atoms with van der Waals surface area (Å²) in [6.45, 7) is 9.74. The third-order valence-corrected chi connectivity index (χ3v) is 6.49. The van der Waals surface area contributed by atoms with Gasteiger partial charge in [-0.3, -0.25) is 4.79 Å². The molecule has 1 aromatic heterocycles. The second-order valence-electron chi connectivity index (χ2n) is 9.27. The van der Waals surface area contributed by atoms with Gasteiger partial charge in [0.15, 0.2) is 5.82 Å². The highest BCUT2D eigenvalue weighted by Gasteiger charge is 2.41. The van der Waals surface area contributed by atoms with E-state index in [1.807, 2.05) is 27.1 Å². The van der Waals surface area contributed by atoms with Crippen LogP contribution in [-0.4, -0.2) is 42.1 Å². The van der Waals surface area contributed by atoms with Crippen molar-refractivity contribution in [3.8, 4) is 0 Å². The van der Waals surface area contributed by atoms with E-state index in [1.54, 1.807) is 4.90 Å². The van der Waals surface area contributed by atoms with Gasteiger partial charge in [0.25, 0.3) is 0 Å². The Morgan fingerprint density at radius 3 is 2.47 bits per heavy atom. The Kier molecular flexibility index (Phi) is 5.43. The van der Waals surface area contributed by atoms with E-state index in [0.717, 1.165) is 36.6 Å². The van der Waals surface area contributed by atoms with Gasteiger partial charge in [-0.25, -0.2) is 4.98 Å². The molecule has 6 heteroatoms. The molecule has 1 aliphatic carbocycles. The quantitative estimate of drug-likeness (QED) is 0.736. The van der Waals surface area contributed by atoms with Gasteiger partial charge in [-0.1, -0.05) is 30.5 Å². The fourth-order valence-electron chi connectivity index (χ4n) is 4.75. The average Bonchev–Trinajstić information content (AvgIpc) is 3.25. The van der Waals surface area contributed by atoms with Crippen LogP contribution in [0.25, 0.3) is 0 Å². The molecular weight excluding hydrogens is 374 g/mol. The van der Waals surface area contributed by atoms with Crippen molar-refractivity contribution in [3.05, 3.63) is 36.0 Å². The first kappa shape index (κ1) is 20.6. The molecule has 0 unspecified atom stereocenters. The molecule has 0 saturated heterocycles. The summed E-state index contributed by atoms with van der Waals surface area (Å²) >= 11 is 0. The lowest BCUT2D eigenvalue weighted by Gasteiger charge is -2.34. The Hall–Kier alpha value is -2.63. The largest absolute Gasteiger partial charge is 0.351 e. The molecule has 0 atom stereocenters. The lowest BCUT2D eigenvalue weighted by atomic mass is 9.91. The summed E-state index contributed by atoms with van der Waals surface area (Å²) in [7, 11) is 1.85. The summed E-state index contributed by atoms with van der Waals surface area (Å²) in [6.07, 6.45) is 6.62. The zero-order valence-electron chi connectivity index (χ0n) is 18.9. The Bertz CT molecular complexity index is 918. The molecule has 160 valence electrons. The maximum absolute atomic E-state index is 13.2. The van der Waals surface area contributed by atoms with Gasteiger partial charge < -0.3 is 14.7 Å². The molecule has 1 saturated carbocycles. The van der Waals surface area contributed by atoms with E-state index >= 15 is 0 Å². The molecule has 0 spiro atoms. The number of aromatic nitrogens is 2.